The number of amides is 4. The van der Waals surface area contributed by atoms with Gasteiger partial charge in [-0.1, -0.05) is 0 Å². The summed E-state index contributed by atoms with van der Waals surface area (Å²) in [5, 5.41) is 59.6. The average molecular weight is 2110 g/mol. The van der Waals surface area contributed by atoms with Crippen molar-refractivity contribution >= 4 is 234 Å². The Labute approximate surface area is 750 Å². The van der Waals surface area contributed by atoms with Gasteiger partial charge in [0, 0.05) is 94.5 Å². The fourth-order valence-corrected chi connectivity index (χ4v) is 15.8. The molecule has 0 spiro atoms. The number of fused-ring (bicyclic) bond motifs is 4. The summed E-state index contributed by atoms with van der Waals surface area (Å²) < 4.78 is 132. The molecule has 8 aromatic carbocycles. The van der Waals surface area contributed by atoms with Gasteiger partial charge in [0.2, 0.25) is 0 Å². The third-order valence-electron chi connectivity index (χ3n) is 17.7. The molecule has 652 valence electrons. The molecule has 12 rings (SSSR count). The molecule has 0 fully saturated rings. The molecule has 46 heteroatoms. The number of carbonyl (C=O) groups excluding carboxylic acids is 6. The van der Waals surface area contributed by atoms with Crippen molar-refractivity contribution in [2.75, 3.05) is 42.0 Å². The van der Waals surface area contributed by atoms with Gasteiger partial charge in [-0.15, -0.1) is 0 Å². The third-order valence-corrected chi connectivity index (χ3v) is 23.0. The molecular weight excluding hydrogens is 2030 g/mol. The third kappa shape index (κ3) is 25.3. The highest BCUT2D eigenvalue weighted by Gasteiger charge is 2.32. The molecule has 0 aliphatic heterocycles. The van der Waals surface area contributed by atoms with Crippen LogP contribution < -0.4 is 83.2 Å². The van der Waals surface area contributed by atoms with Gasteiger partial charge < -0.3 is 66.6 Å². The first-order valence-corrected chi connectivity index (χ1v) is 45.2. The van der Waals surface area contributed by atoms with Gasteiger partial charge >= 0.3 is 10.2 Å². The lowest BCUT2D eigenvalue weighted by Gasteiger charge is -2.22. The van der Waals surface area contributed by atoms with E-state index in [2.05, 4.69) is 48.6 Å². The second-order valence-electron chi connectivity index (χ2n) is 27.3. The highest BCUT2D eigenvalue weighted by Crippen LogP contribution is 2.38. The van der Waals surface area contributed by atoms with E-state index in [9.17, 15) is 62.4 Å². The molecule has 0 bridgehead atoms. The SMILES string of the molecule is CC(=O)c1cc2cc(C(Nc3ccc(C(=N)N)cc3)C(=O)NS(=O)(=O)N(C)C)cc(I)c2o1.CC(=O)c1cc2cc(C(Nc3ccc(C(=N)N)cc3)C(=O)NS(N)(=O)=O)cc(I)c2o1.CCOc1cc(C(Nc2ccc(C(=N)N)cc2)C(=O)NS(N)(=O)=O)cc2c(C)coc12.Cc1coc2c(I)cc(C(Nc3ccc(C(=N)N)cc3)C(=O)NS(N)(=O)=O)cc12. The zero-order valence-corrected chi connectivity index (χ0v) is 75.9. The molecule has 0 saturated carbocycles. The quantitative estimate of drug-likeness (QED) is 0.00902. The number of halogens is 3. The van der Waals surface area contributed by atoms with Crippen molar-refractivity contribution in [3.63, 3.8) is 0 Å². The minimum absolute atomic E-state index is 0.0875. The summed E-state index contributed by atoms with van der Waals surface area (Å²) in [5.74, 6) is -3.52. The normalized spacial score (nSPS) is 12.4. The Morgan fingerprint density at radius 3 is 0.968 bits per heavy atom. The van der Waals surface area contributed by atoms with Crippen LogP contribution in [-0.2, 0) is 60.0 Å². The van der Waals surface area contributed by atoms with Crippen LogP contribution in [0.1, 0.15) is 122 Å². The van der Waals surface area contributed by atoms with Crippen molar-refractivity contribution in [2.45, 2.75) is 58.8 Å². The number of nitrogens with two attached hydrogens (primary N) is 7. The van der Waals surface area contributed by atoms with Crippen LogP contribution in [0.2, 0.25) is 0 Å². The van der Waals surface area contributed by atoms with E-state index in [1.54, 1.807) is 180 Å². The van der Waals surface area contributed by atoms with Crippen LogP contribution in [0.4, 0.5) is 22.7 Å². The molecular formula is C78H81I3N20O19S4. The van der Waals surface area contributed by atoms with Gasteiger partial charge in [0.1, 0.15) is 64.3 Å². The number of rotatable bonds is 29. The highest BCUT2D eigenvalue weighted by atomic mass is 127. The predicted octanol–water partition coefficient (Wildman–Crippen LogP) is 8.60. The summed E-state index contributed by atoms with van der Waals surface area (Å²) >= 11 is 6.12. The second-order valence-corrected chi connectivity index (χ2v) is 36.5. The largest absolute Gasteiger partial charge is 0.490 e. The minimum atomic E-state index is -4.30. The lowest BCUT2D eigenvalue weighted by atomic mass is 10.0. The first-order chi connectivity index (χ1) is 58.0. The van der Waals surface area contributed by atoms with Crippen molar-refractivity contribution in [1.82, 2.24) is 23.2 Å². The fourth-order valence-electron chi connectivity index (χ4n) is 11.8. The molecule has 0 radical (unpaired) electrons. The van der Waals surface area contributed by atoms with E-state index in [0.717, 1.165) is 29.8 Å². The number of ether oxygens (including phenoxy) is 1. The molecule has 0 aliphatic carbocycles. The molecule has 4 atom stereocenters. The van der Waals surface area contributed by atoms with Gasteiger partial charge in [0.05, 0.1) is 29.8 Å². The molecule has 4 amide bonds. The Balaban J connectivity index is 0.000000188. The Hall–Kier alpha value is -12.2. The summed E-state index contributed by atoms with van der Waals surface area (Å²) in [6.45, 7) is 8.67. The second kappa shape index (κ2) is 40.0. The molecule has 26 N–H and O–H groups in total. The van der Waals surface area contributed by atoms with Crippen LogP contribution in [0, 0.1) is 46.2 Å². The molecule has 39 nitrogen and oxygen atoms in total. The zero-order chi connectivity index (χ0) is 91.5. The van der Waals surface area contributed by atoms with Crippen LogP contribution in [0.3, 0.4) is 0 Å². The fraction of sp³-hybridized carbons (Fsp3) is 0.154. The number of nitrogens with one attached hydrogen (secondary N) is 12. The molecule has 0 aliphatic rings. The summed E-state index contributed by atoms with van der Waals surface area (Å²) in [6, 6.07) is 38.0. The Bertz CT molecular complexity index is 6690. The Morgan fingerprint density at radius 2 is 0.685 bits per heavy atom. The number of ketones is 2. The lowest BCUT2D eigenvalue weighted by Crippen LogP contribution is -2.43. The van der Waals surface area contributed by atoms with E-state index in [-0.39, 0.29) is 46.4 Å². The lowest BCUT2D eigenvalue weighted by molar-refractivity contribution is -0.121. The summed E-state index contributed by atoms with van der Waals surface area (Å²) in [4.78, 5) is 74.7. The van der Waals surface area contributed by atoms with E-state index < -0.39 is 88.6 Å². The van der Waals surface area contributed by atoms with E-state index in [1.807, 2.05) is 70.7 Å². The first kappa shape index (κ1) is 95.7. The number of furan rings is 4. The van der Waals surface area contributed by atoms with Gasteiger partial charge in [-0.3, -0.25) is 50.4 Å². The van der Waals surface area contributed by atoms with E-state index >= 15 is 0 Å². The Kier molecular flexibility index (Phi) is 30.9. The predicted molar refractivity (Wildman–Crippen MR) is 493 cm³/mol. The molecule has 4 unspecified atom stereocenters. The molecule has 4 aromatic heterocycles. The number of aryl methyl sites for hydroxylation is 2. The number of hydrogen-bond donors (Lipinski definition) is 19. The number of carbonyl (C=O) groups is 6. The number of nitrogens with zero attached hydrogens (tertiary/aromatic N) is 1. The van der Waals surface area contributed by atoms with Gasteiger partial charge in [0.15, 0.2) is 34.4 Å². The Morgan fingerprint density at radius 1 is 0.411 bits per heavy atom. The van der Waals surface area contributed by atoms with Gasteiger partial charge in [-0.25, -0.2) is 34.3 Å². The molecule has 4 heterocycles. The number of amidine groups is 4. The molecule has 12 aromatic rings. The van der Waals surface area contributed by atoms with Gasteiger partial charge in [-0.05, 0) is 280 Å². The van der Waals surface area contributed by atoms with Gasteiger partial charge in [-0.2, -0.15) is 38.0 Å². The van der Waals surface area contributed by atoms with Crippen LogP contribution >= 0.6 is 67.8 Å². The van der Waals surface area contributed by atoms with Crippen molar-refractivity contribution in [2.24, 2.45) is 38.4 Å². The van der Waals surface area contributed by atoms with Gasteiger partial charge in [0.25, 0.3) is 54.3 Å². The van der Waals surface area contributed by atoms with E-state index in [1.165, 1.54) is 27.9 Å². The summed E-state index contributed by atoms with van der Waals surface area (Å²) in [5.41, 5.74) is 31.7. The average Bonchev–Trinajstić information content (AvgIpc) is 1.63. The number of anilines is 4. The summed E-state index contributed by atoms with van der Waals surface area (Å²) in [6.07, 6.45) is 3.19. The van der Waals surface area contributed by atoms with Crippen molar-refractivity contribution in [3.8, 4) is 5.75 Å². The first-order valence-electron chi connectivity index (χ1n) is 35.9. The van der Waals surface area contributed by atoms with Crippen LogP contribution in [0.25, 0.3) is 43.9 Å². The smallest absolute Gasteiger partial charge is 0.303 e. The minimum Gasteiger partial charge on any atom is -0.490 e. The van der Waals surface area contributed by atoms with Crippen molar-refractivity contribution < 1.29 is 84.8 Å². The van der Waals surface area contributed by atoms with Crippen LogP contribution in [0.15, 0.2) is 188 Å². The summed E-state index contributed by atoms with van der Waals surface area (Å²) in [7, 11) is -14.2. The number of hydrogen-bond acceptors (Lipinski definition) is 27. The van der Waals surface area contributed by atoms with E-state index in [4.69, 9.17) is 82.4 Å². The highest BCUT2D eigenvalue weighted by molar-refractivity contribution is 14.1. The number of benzene rings is 8. The topological polar surface area (TPSA) is 678 Å². The zero-order valence-electron chi connectivity index (χ0n) is 66.2. The molecule has 0 saturated heterocycles. The van der Waals surface area contributed by atoms with Crippen molar-refractivity contribution in [3.05, 3.63) is 248 Å². The maximum Gasteiger partial charge on any atom is 0.303 e. The maximum absolute atomic E-state index is 13.1. The maximum atomic E-state index is 13.1. The van der Waals surface area contributed by atoms with Crippen LogP contribution in [0.5, 0.6) is 5.75 Å². The molecule has 124 heavy (non-hydrogen) atoms. The number of nitrogen functional groups attached to an aromatic ring is 4. The van der Waals surface area contributed by atoms with Crippen molar-refractivity contribution in [1.29, 1.82) is 21.6 Å². The van der Waals surface area contributed by atoms with E-state index in [0.29, 0.717) is 120 Å². The van der Waals surface area contributed by atoms with Crippen LogP contribution in [-0.4, -0.2) is 117 Å². The standard InChI is InChI=1S/C21H22IN5O5S.C20H23N5O5S.C19H18IN5O5S.C18H18IN5O4S/c1-11(28)17-10-14-8-13(9-16(22)19(14)32-17)18(21(29)26-33(30,31)27(2)3)25-15-6-4-12(5-7-15)20(23)24;1-3-29-16-9-13(8-15-11(2)10-30-18(15)16)17(20(26)25-31(23,27)28)24-14-6-4-12(5-7-14)19(21)22;1-9(26)15-8-12-6-11(7-14(20)17(12)30-15)16(19(27)25-31(23,28)29)24-13-4-2-10(3-5-13)18(21)22;1-9-8-28-16-13(9)6-11(7-14(16)19)15(18(25)24-29(22,26)27)23-12-4-2-10(3-5-12)17(20)21/h4-10,18,25H,1-3H3,(H3,23,24)(H,26,29);4-10,17,24H,3H2,1-2H3,(H3,21,22)(H,25,26)(H2,23,27,28);2-8,16,24H,1H3,(H3,21,22)(H,25,27)(H2,23,28,29);2-8,15,23H,1H3,(H3,20,21)(H,24,25)(H2,22,26,27). The monoisotopic (exact) mass is 2110 g/mol. The number of Topliss-reactive ketones (excluding diaryl/α,β-unsaturated/α-hetero) is 2.